The van der Waals surface area contributed by atoms with Gasteiger partial charge in [-0.3, -0.25) is 9.69 Å². The first-order valence-corrected chi connectivity index (χ1v) is 6.57. The van der Waals surface area contributed by atoms with Crippen molar-refractivity contribution >= 4 is 5.97 Å². The monoisotopic (exact) mass is 260 g/mol. The van der Waals surface area contributed by atoms with Crippen LogP contribution in [0.2, 0.25) is 0 Å². The van der Waals surface area contributed by atoms with Gasteiger partial charge in [0.25, 0.3) is 0 Å². The van der Waals surface area contributed by atoms with Crippen molar-refractivity contribution in [3.63, 3.8) is 0 Å². The Labute approximate surface area is 108 Å². The Morgan fingerprint density at radius 1 is 1.22 bits per heavy atom. The standard InChI is InChI=1S/C12H24N2O4/c15-9-6-13(5-2-12(16)17)3-1-4-14-7-10-18-11-8-14/h15H,1-11H2,(H,16,17). The highest BCUT2D eigenvalue weighted by atomic mass is 16.5. The van der Waals surface area contributed by atoms with Crippen LogP contribution >= 0.6 is 0 Å². The van der Waals surface area contributed by atoms with E-state index in [1.807, 2.05) is 4.90 Å². The maximum atomic E-state index is 10.5. The van der Waals surface area contributed by atoms with Gasteiger partial charge in [0.05, 0.1) is 26.2 Å². The maximum Gasteiger partial charge on any atom is 0.304 e. The fourth-order valence-electron chi connectivity index (χ4n) is 2.07. The van der Waals surface area contributed by atoms with Crippen molar-refractivity contribution in [1.82, 2.24) is 9.80 Å². The first-order valence-electron chi connectivity index (χ1n) is 6.57. The normalized spacial score (nSPS) is 17.2. The Bertz CT molecular complexity index is 232. The molecule has 0 atom stereocenters. The Balaban J connectivity index is 2.13. The molecule has 0 unspecified atom stereocenters. The van der Waals surface area contributed by atoms with Crippen LogP contribution in [-0.4, -0.2) is 85.1 Å². The molecule has 6 heteroatoms. The molecule has 0 aliphatic carbocycles. The summed E-state index contributed by atoms with van der Waals surface area (Å²) in [5, 5.41) is 17.6. The topological polar surface area (TPSA) is 73.2 Å². The van der Waals surface area contributed by atoms with Gasteiger partial charge in [-0.05, 0) is 19.5 Å². The average molecular weight is 260 g/mol. The molecule has 0 bridgehead atoms. The molecular formula is C12H24N2O4. The van der Waals surface area contributed by atoms with E-state index in [4.69, 9.17) is 14.9 Å². The Hall–Kier alpha value is -0.690. The van der Waals surface area contributed by atoms with Crippen molar-refractivity contribution < 1.29 is 19.7 Å². The summed E-state index contributed by atoms with van der Waals surface area (Å²) in [6, 6.07) is 0. The molecule has 1 fully saturated rings. The van der Waals surface area contributed by atoms with Crippen LogP contribution < -0.4 is 0 Å². The predicted molar refractivity (Wildman–Crippen MR) is 67.7 cm³/mol. The molecule has 106 valence electrons. The molecular weight excluding hydrogens is 236 g/mol. The lowest BCUT2D eigenvalue weighted by Gasteiger charge is -2.28. The van der Waals surface area contributed by atoms with Crippen molar-refractivity contribution in [3.8, 4) is 0 Å². The van der Waals surface area contributed by atoms with Crippen LogP contribution in [0.15, 0.2) is 0 Å². The largest absolute Gasteiger partial charge is 0.481 e. The van der Waals surface area contributed by atoms with Gasteiger partial charge < -0.3 is 19.8 Å². The molecule has 0 spiro atoms. The Morgan fingerprint density at radius 3 is 2.56 bits per heavy atom. The van der Waals surface area contributed by atoms with E-state index in [2.05, 4.69) is 4.90 Å². The second-order valence-corrected chi connectivity index (χ2v) is 4.52. The first kappa shape index (κ1) is 15.4. The molecule has 0 amide bonds. The third-order valence-electron chi connectivity index (χ3n) is 3.11. The first-order chi connectivity index (χ1) is 8.72. The van der Waals surface area contributed by atoms with Crippen molar-refractivity contribution in [2.45, 2.75) is 12.8 Å². The Kier molecular flexibility index (Phi) is 7.91. The van der Waals surface area contributed by atoms with Crippen molar-refractivity contribution in [3.05, 3.63) is 0 Å². The molecule has 1 saturated heterocycles. The van der Waals surface area contributed by atoms with Gasteiger partial charge in [-0.25, -0.2) is 0 Å². The van der Waals surface area contributed by atoms with E-state index in [1.165, 1.54) is 0 Å². The van der Waals surface area contributed by atoms with Gasteiger partial charge in [0.15, 0.2) is 0 Å². The highest BCUT2D eigenvalue weighted by Gasteiger charge is 2.11. The van der Waals surface area contributed by atoms with Crippen LogP contribution in [0.5, 0.6) is 0 Å². The lowest BCUT2D eigenvalue weighted by Crippen LogP contribution is -2.38. The molecule has 0 aromatic rings. The highest BCUT2D eigenvalue weighted by molar-refractivity contribution is 5.66. The molecule has 0 aromatic heterocycles. The summed E-state index contributed by atoms with van der Waals surface area (Å²) >= 11 is 0. The fourth-order valence-corrected chi connectivity index (χ4v) is 2.07. The zero-order chi connectivity index (χ0) is 13.2. The lowest BCUT2D eigenvalue weighted by molar-refractivity contribution is -0.137. The number of carbonyl (C=O) groups is 1. The molecule has 1 aliphatic rings. The minimum atomic E-state index is -0.786. The SMILES string of the molecule is O=C(O)CCN(CCO)CCCN1CCOCC1. The smallest absolute Gasteiger partial charge is 0.304 e. The lowest BCUT2D eigenvalue weighted by atomic mass is 10.3. The van der Waals surface area contributed by atoms with E-state index in [9.17, 15) is 4.79 Å². The number of aliphatic carboxylic acids is 1. The number of rotatable bonds is 9. The molecule has 1 heterocycles. The Morgan fingerprint density at radius 2 is 1.94 bits per heavy atom. The van der Waals surface area contributed by atoms with Crippen LogP contribution in [0.1, 0.15) is 12.8 Å². The fraction of sp³-hybridized carbons (Fsp3) is 0.917. The van der Waals surface area contributed by atoms with Gasteiger partial charge in [-0.15, -0.1) is 0 Å². The quantitative estimate of drug-likeness (QED) is 0.581. The summed E-state index contributed by atoms with van der Waals surface area (Å²) in [7, 11) is 0. The molecule has 18 heavy (non-hydrogen) atoms. The van der Waals surface area contributed by atoms with Crippen LogP contribution in [-0.2, 0) is 9.53 Å². The van der Waals surface area contributed by atoms with E-state index in [0.29, 0.717) is 13.1 Å². The van der Waals surface area contributed by atoms with Crippen LogP contribution in [0.3, 0.4) is 0 Å². The van der Waals surface area contributed by atoms with Gasteiger partial charge >= 0.3 is 5.97 Å². The number of ether oxygens (including phenoxy) is 1. The zero-order valence-electron chi connectivity index (χ0n) is 10.9. The van der Waals surface area contributed by atoms with Gasteiger partial charge in [0.1, 0.15) is 0 Å². The molecule has 1 aliphatic heterocycles. The van der Waals surface area contributed by atoms with Crippen molar-refractivity contribution in [2.75, 3.05) is 59.1 Å². The molecule has 2 N–H and O–H groups in total. The number of carboxylic acid groups (broad SMARTS) is 1. The summed E-state index contributed by atoms with van der Waals surface area (Å²) in [4.78, 5) is 14.9. The van der Waals surface area contributed by atoms with Gasteiger partial charge in [-0.2, -0.15) is 0 Å². The van der Waals surface area contributed by atoms with Crippen LogP contribution in [0, 0.1) is 0 Å². The number of carboxylic acids is 1. The third kappa shape index (κ3) is 6.90. The van der Waals surface area contributed by atoms with Crippen LogP contribution in [0.25, 0.3) is 0 Å². The van der Waals surface area contributed by atoms with E-state index < -0.39 is 5.97 Å². The minimum absolute atomic E-state index is 0.0805. The minimum Gasteiger partial charge on any atom is -0.481 e. The number of morpholine rings is 1. The molecule has 0 radical (unpaired) electrons. The number of hydrogen-bond acceptors (Lipinski definition) is 5. The predicted octanol–water partition coefficient (Wildman–Crippen LogP) is -0.522. The zero-order valence-corrected chi connectivity index (χ0v) is 10.9. The summed E-state index contributed by atoms with van der Waals surface area (Å²) in [5.41, 5.74) is 0. The van der Waals surface area contributed by atoms with Crippen LogP contribution in [0.4, 0.5) is 0 Å². The second-order valence-electron chi connectivity index (χ2n) is 4.52. The summed E-state index contributed by atoms with van der Waals surface area (Å²) in [6.07, 6.45) is 1.14. The number of aliphatic hydroxyl groups excluding tert-OH is 1. The van der Waals surface area contributed by atoms with Gasteiger partial charge in [0, 0.05) is 26.2 Å². The maximum absolute atomic E-state index is 10.5. The van der Waals surface area contributed by atoms with E-state index in [1.54, 1.807) is 0 Å². The summed E-state index contributed by atoms with van der Waals surface area (Å²) in [5.74, 6) is -0.786. The van der Waals surface area contributed by atoms with E-state index in [0.717, 1.165) is 45.8 Å². The number of nitrogens with zero attached hydrogens (tertiary/aromatic N) is 2. The van der Waals surface area contributed by atoms with E-state index >= 15 is 0 Å². The number of aliphatic hydroxyl groups is 1. The van der Waals surface area contributed by atoms with Gasteiger partial charge in [0.2, 0.25) is 0 Å². The molecule has 6 nitrogen and oxygen atoms in total. The summed E-state index contributed by atoms with van der Waals surface area (Å²) < 4.78 is 5.28. The molecule has 0 aromatic carbocycles. The van der Waals surface area contributed by atoms with Gasteiger partial charge in [-0.1, -0.05) is 0 Å². The van der Waals surface area contributed by atoms with Crippen molar-refractivity contribution in [2.24, 2.45) is 0 Å². The second kappa shape index (κ2) is 9.27. The molecule has 1 rings (SSSR count). The summed E-state index contributed by atoms with van der Waals surface area (Å²) in [6.45, 7) is 6.57. The van der Waals surface area contributed by atoms with Crippen molar-refractivity contribution in [1.29, 1.82) is 0 Å². The van der Waals surface area contributed by atoms with E-state index in [-0.39, 0.29) is 13.0 Å². The molecule has 0 saturated carbocycles. The highest BCUT2D eigenvalue weighted by Crippen LogP contribution is 2.00. The third-order valence-corrected chi connectivity index (χ3v) is 3.11. The number of hydrogen-bond donors (Lipinski definition) is 2. The average Bonchev–Trinajstić information content (AvgIpc) is 2.37.